The zero-order valence-corrected chi connectivity index (χ0v) is 10.2. The first kappa shape index (κ1) is 13.1. The molecule has 0 aliphatic rings. The van der Waals surface area contributed by atoms with E-state index in [4.69, 9.17) is 21.6 Å². The van der Waals surface area contributed by atoms with Crippen molar-refractivity contribution in [2.45, 2.75) is 6.42 Å². The lowest BCUT2D eigenvalue weighted by Gasteiger charge is -2.08. The molecular formula is C13H11BClFO2. The largest absolute Gasteiger partial charge is 0.492 e. The zero-order chi connectivity index (χ0) is 13.1. The van der Waals surface area contributed by atoms with E-state index in [-0.39, 0.29) is 10.5 Å². The molecule has 0 amide bonds. The molecule has 0 unspecified atom stereocenters. The van der Waals surface area contributed by atoms with Crippen LogP contribution in [-0.2, 0) is 6.42 Å². The highest BCUT2D eigenvalue weighted by atomic mass is 35.5. The van der Waals surface area contributed by atoms with E-state index in [0.717, 1.165) is 5.56 Å². The van der Waals surface area contributed by atoms with E-state index in [2.05, 4.69) is 0 Å². The van der Waals surface area contributed by atoms with Crippen molar-refractivity contribution in [1.29, 1.82) is 0 Å². The van der Waals surface area contributed by atoms with E-state index in [1.807, 2.05) is 30.3 Å². The Bertz CT molecular complexity index is 523. The molecule has 18 heavy (non-hydrogen) atoms. The number of hydrogen-bond acceptors (Lipinski definition) is 2. The first-order valence-electron chi connectivity index (χ1n) is 5.46. The first-order valence-corrected chi connectivity index (χ1v) is 5.83. The number of benzene rings is 2. The highest BCUT2D eigenvalue weighted by Crippen LogP contribution is 2.16. The minimum absolute atomic E-state index is 0.0240. The van der Waals surface area contributed by atoms with Gasteiger partial charge in [0.05, 0.1) is 0 Å². The van der Waals surface area contributed by atoms with Crippen LogP contribution in [0.1, 0.15) is 11.1 Å². The van der Waals surface area contributed by atoms with Crippen molar-refractivity contribution in [1.82, 2.24) is 0 Å². The molecule has 0 fully saturated rings. The fourth-order valence-electron chi connectivity index (χ4n) is 1.82. The van der Waals surface area contributed by atoms with Crippen LogP contribution in [0.15, 0.2) is 42.5 Å². The Morgan fingerprint density at radius 2 is 1.72 bits per heavy atom. The van der Waals surface area contributed by atoms with Gasteiger partial charge in [-0.05, 0) is 29.7 Å². The van der Waals surface area contributed by atoms with Crippen LogP contribution in [0, 0.1) is 5.82 Å². The molecule has 0 saturated carbocycles. The average molecular weight is 264 g/mol. The van der Waals surface area contributed by atoms with Gasteiger partial charge in [-0.15, -0.1) is 0 Å². The molecule has 2 aromatic rings. The lowest BCUT2D eigenvalue weighted by molar-refractivity contribution is 0.423. The molecule has 0 radical (unpaired) electrons. The van der Waals surface area contributed by atoms with Gasteiger partial charge in [-0.2, -0.15) is 0 Å². The summed E-state index contributed by atoms with van der Waals surface area (Å²) in [5.74, 6) is -0.705. The summed E-state index contributed by atoms with van der Waals surface area (Å²) in [6.07, 6.45) is 0.541. The normalized spacial score (nSPS) is 10.4. The van der Waals surface area contributed by atoms with Crippen LogP contribution < -0.4 is 5.46 Å². The number of halogens is 2. The second-order valence-electron chi connectivity index (χ2n) is 4.01. The highest BCUT2D eigenvalue weighted by Gasteiger charge is 2.21. The van der Waals surface area contributed by atoms with Crippen LogP contribution in [0.5, 0.6) is 0 Å². The summed E-state index contributed by atoms with van der Waals surface area (Å²) in [6, 6.07) is 12.4. The standard InChI is InChI=1S/C13H11BClFO2/c15-11-7-10(6-9-4-2-1-3-5-9)8-12(16)13(11)14(17)18/h1-5,7-8,17-18H,6H2. The van der Waals surface area contributed by atoms with E-state index in [1.54, 1.807) is 6.07 Å². The lowest BCUT2D eigenvalue weighted by Crippen LogP contribution is -2.34. The van der Waals surface area contributed by atoms with Gasteiger partial charge in [0.2, 0.25) is 0 Å². The minimum Gasteiger partial charge on any atom is -0.423 e. The molecule has 5 heteroatoms. The van der Waals surface area contributed by atoms with Crippen LogP contribution in [-0.4, -0.2) is 17.2 Å². The third-order valence-electron chi connectivity index (χ3n) is 2.65. The summed E-state index contributed by atoms with van der Waals surface area (Å²) in [5.41, 5.74) is 1.44. The molecule has 0 aliphatic carbocycles. The molecule has 0 aliphatic heterocycles. The Hall–Kier alpha value is -1.36. The van der Waals surface area contributed by atoms with Crippen LogP contribution in [0.3, 0.4) is 0 Å². The number of rotatable bonds is 3. The van der Waals surface area contributed by atoms with Gasteiger partial charge in [0, 0.05) is 10.5 Å². The molecule has 0 spiro atoms. The summed E-state index contributed by atoms with van der Waals surface area (Å²) in [4.78, 5) is 0. The van der Waals surface area contributed by atoms with E-state index in [9.17, 15) is 4.39 Å². The summed E-state index contributed by atoms with van der Waals surface area (Å²) >= 11 is 5.84. The van der Waals surface area contributed by atoms with Crippen molar-refractivity contribution in [3.05, 3.63) is 64.4 Å². The van der Waals surface area contributed by atoms with Crippen LogP contribution in [0.25, 0.3) is 0 Å². The summed E-state index contributed by atoms with van der Waals surface area (Å²) in [6.45, 7) is 0. The highest BCUT2D eigenvalue weighted by molar-refractivity contribution is 6.62. The van der Waals surface area contributed by atoms with E-state index < -0.39 is 12.9 Å². The Balaban J connectivity index is 2.31. The second-order valence-corrected chi connectivity index (χ2v) is 4.42. The van der Waals surface area contributed by atoms with Crippen molar-refractivity contribution in [2.24, 2.45) is 0 Å². The van der Waals surface area contributed by atoms with Crippen molar-refractivity contribution in [3.63, 3.8) is 0 Å². The minimum atomic E-state index is -1.90. The molecule has 2 nitrogen and oxygen atoms in total. The Morgan fingerprint density at radius 1 is 1.06 bits per heavy atom. The van der Waals surface area contributed by atoms with E-state index in [0.29, 0.717) is 12.0 Å². The summed E-state index contributed by atoms with van der Waals surface area (Å²) in [7, 11) is -1.90. The van der Waals surface area contributed by atoms with Gasteiger partial charge in [-0.3, -0.25) is 0 Å². The van der Waals surface area contributed by atoms with Crippen molar-refractivity contribution < 1.29 is 14.4 Å². The van der Waals surface area contributed by atoms with Gasteiger partial charge in [0.1, 0.15) is 5.82 Å². The predicted octanol–water partition coefficient (Wildman–Crippen LogP) is 1.75. The van der Waals surface area contributed by atoms with Crippen LogP contribution >= 0.6 is 11.6 Å². The molecular weight excluding hydrogens is 253 g/mol. The van der Waals surface area contributed by atoms with Crippen molar-refractivity contribution in [2.75, 3.05) is 0 Å². The lowest BCUT2D eigenvalue weighted by atomic mass is 9.79. The number of hydrogen-bond donors (Lipinski definition) is 2. The van der Waals surface area contributed by atoms with Gasteiger partial charge in [0.15, 0.2) is 0 Å². The topological polar surface area (TPSA) is 40.5 Å². The van der Waals surface area contributed by atoms with Gasteiger partial charge >= 0.3 is 7.12 Å². The molecule has 2 N–H and O–H groups in total. The molecule has 2 aromatic carbocycles. The summed E-state index contributed by atoms with van der Waals surface area (Å²) < 4.78 is 13.7. The monoisotopic (exact) mass is 264 g/mol. The average Bonchev–Trinajstić information content (AvgIpc) is 2.28. The second kappa shape index (κ2) is 5.52. The van der Waals surface area contributed by atoms with Gasteiger partial charge in [0.25, 0.3) is 0 Å². The maximum Gasteiger partial charge on any atom is 0.492 e. The van der Waals surface area contributed by atoms with Gasteiger partial charge < -0.3 is 10.0 Å². The first-order chi connectivity index (χ1) is 8.58. The van der Waals surface area contributed by atoms with Gasteiger partial charge in [-0.25, -0.2) is 4.39 Å². The Kier molecular flexibility index (Phi) is 4.02. The third-order valence-corrected chi connectivity index (χ3v) is 2.96. The Labute approximate surface area is 110 Å². The van der Waals surface area contributed by atoms with Crippen LogP contribution in [0.4, 0.5) is 4.39 Å². The maximum atomic E-state index is 13.7. The molecule has 0 bridgehead atoms. The fourth-order valence-corrected chi connectivity index (χ4v) is 2.15. The van der Waals surface area contributed by atoms with Crippen molar-refractivity contribution >= 4 is 24.2 Å². The molecule has 0 atom stereocenters. The van der Waals surface area contributed by atoms with E-state index >= 15 is 0 Å². The maximum absolute atomic E-state index is 13.7. The Morgan fingerprint density at radius 3 is 2.28 bits per heavy atom. The fraction of sp³-hybridized carbons (Fsp3) is 0.0769. The molecule has 0 heterocycles. The van der Waals surface area contributed by atoms with Crippen molar-refractivity contribution in [3.8, 4) is 0 Å². The zero-order valence-electron chi connectivity index (χ0n) is 9.48. The molecule has 0 aromatic heterocycles. The smallest absolute Gasteiger partial charge is 0.423 e. The molecule has 0 saturated heterocycles. The molecule has 2 rings (SSSR count). The summed E-state index contributed by atoms with van der Waals surface area (Å²) in [5, 5.41) is 18.0. The quantitative estimate of drug-likeness (QED) is 0.829. The molecule has 92 valence electrons. The van der Waals surface area contributed by atoms with Gasteiger partial charge in [-0.1, -0.05) is 41.9 Å². The predicted molar refractivity (Wildman–Crippen MR) is 70.5 cm³/mol. The SMILES string of the molecule is OB(O)c1c(F)cc(Cc2ccccc2)cc1Cl. The van der Waals surface area contributed by atoms with E-state index in [1.165, 1.54) is 6.07 Å². The third kappa shape index (κ3) is 2.90. The van der Waals surface area contributed by atoms with Crippen LogP contribution in [0.2, 0.25) is 5.02 Å².